The van der Waals surface area contributed by atoms with Crippen molar-refractivity contribution in [1.82, 2.24) is 4.90 Å². The summed E-state index contributed by atoms with van der Waals surface area (Å²) in [7, 11) is 0. The maximum atomic E-state index is 2.66. The van der Waals surface area contributed by atoms with Crippen molar-refractivity contribution in [3.63, 3.8) is 0 Å². The van der Waals surface area contributed by atoms with Gasteiger partial charge in [0.25, 0.3) is 0 Å². The molecule has 0 amide bonds. The van der Waals surface area contributed by atoms with Crippen molar-refractivity contribution in [2.75, 3.05) is 13.1 Å². The molecule has 1 heterocycles. The summed E-state index contributed by atoms with van der Waals surface area (Å²) in [5, 5.41) is 0. The van der Waals surface area contributed by atoms with E-state index in [0.717, 1.165) is 6.04 Å². The predicted octanol–water partition coefficient (Wildman–Crippen LogP) is 3.72. The molecule has 0 unspecified atom stereocenters. The van der Waals surface area contributed by atoms with Crippen LogP contribution < -0.4 is 0 Å². The first kappa shape index (κ1) is 11.0. The third-order valence-electron chi connectivity index (χ3n) is 4.10. The molecule has 0 bridgehead atoms. The van der Waals surface area contributed by atoms with E-state index in [4.69, 9.17) is 0 Å². The largest absolute Gasteiger partial charge is 0.297 e. The zero-order valence-corrected chi connectivity index (χ0v) is 10.4. The molecule has 2 aliphatic rings. The molecule has 1 saturated heterocycles. The van der Waals surface area contributed by atoms with Gasteiger partial charge in [-0.2, -0.15) is 0 Å². The fraction of sp³-hybridized carbons (Fsp3) is 0.500. The summed E-state index contributed by atoms with van der Waals surface area (Å²) in [5.74, 6) is 0. The second-order valence-corrected chi connectivity index (χ2v) is 5.28. The van der Waals surface area contributed by atoms with Gasteiger partial charge in [-0.1, -0.05) is 48.4 Å². The number of likely N-dealkylation sites (tertiary alicyclic amines) is 1. The van der Waals surface area contributed by atoms with E-state index in [2.05, 4.69) is 41.3 Å². The quantitative estimate of drug-likeness (QED) is 0.744. The van der Waals surface area contributed by atoms with Gasteiger partial charge in [-0.3, -0.25) is 4.90 Å². The molecule has 1 nitrogen and oxygen atoms in total. The molecule has 1 atom stereocenters. The van der Waals surface area contributed by atoms with Crippen molar-refractivity contribution in [1.29, 1.82) is 0 Å². The molecular formula is C16H21N. The lowest BCUT2D eigenvalue weighted by atomic mass is 9.86. The van der Waals surface area contributed by atoms with Gasteiger partial charge in [0.1, 0.15) is 0 Å². The minimum absolute atomic E-state index is 0.748. The van der Waals surface area contributed by atoms with Crippen LogP contribution in [0.1, 0.15) is 37.7 Å². The zero-order chi connectivity index (χ0) is 11.5. The molecule has 0 radical (unpaired) electrons. The second-order valence-electron chi connectivity index (χ2n) is 5.28. The SMILES string of the molecule is C(=C1/CCCC[C@H]1N1CCC1)/c1ccccc1. The normalized spacial score (nSPS) is 28.0. The Kier molecular flexibility index (Phi) is 3.28. The van der Waals surface area contributed by atoms with Crippen molar-refractivity contribution < 1.29 is 0 Å². The first-order valence-corrected chi connectivity index (χ1v) is 6.93. The molecule has 0 aromatic heterocycles. The highest BCUT2D eigenvalue weighted by Gasteiger charge is 2.28. The van der Waals surface area contributed by atoms with E-state index in [1.165, 1.54) is 50.8 Å². The Labute approximate surface area is 104 Å². The number of hydrogen-bond donors (Lipinski definition) is 0. The van der Waals surface area contributed by atoms with Crippen LogP contribution in [0.2, 0.25) is 0 Å². The molecule has 90 valence electrons. The van der Waals surface area contributed by atoms with E-state index in [1.54, 1.807) is 5.57 Å². The van der Waals surface area contributed by atoms with E-state index in [9.17, 15) is 0 Å². The lowest BCUT2D eigenvalue weighted by Crippen LogP contribution is -2.46. The molecule has 17 heavy (non-hydrogen) atoms. The first-order chi connectivity index (χ1) is 8.43. The molecule has 1 aliphatic heterocycles. The van der Waals surface area contributed by atoms with Crippen LogP contribution in [0.25, 0.3) is 6.08 Å². The minimum Gasteiger partial charge on any atom is -0.297 e. The summed E-state index contributed by atoms with van der Waals surface area (Å²) in [4.78, 5) is 2.66. The van der Waals surface area contributed by atoms with Crippen LogP contribution in [-0.4, -0.2) is 24.0 Å². The van der Waals surface area contributed by atoms with E-state index in [0.29, 0.717) is 0 Å². The van der Waals surface area contributed by atoms with Crippen LogP contribution in [0.15, 0.2) is 35.9 Å². The van der Waals surface area contributed by atoms with Gasteiger partial charge in [0.15, 0.2) is 0 Å². The van der Waals surface area contributed by atoms with Gasteiger partial charge < -0.3 is 0 Å². The van der Waals surface area contributed by atoms with Crippen LogP contribution in [-0.2, 0) is 0 Å². The Balaban J connectivity index is 1.80. The number of nitrogens with zero attached hydrogens (tertiary/aromatic N) is 1. The molecule has 1 aromatic rings. The average Bonchev–Trinajstić information content (AvgIpc) is 2.31. The van der Waals surface area contributed by atoms with E-state index in [1.807, 2.05) is 0 Å². The fourth-order valence-electron chi connectivity index (χ4n) is 3.02. The average molecular weight is 227 g/mol. The van der Waals surface area contributed by atoms with Crippen LogP contribution in [0.3, 0.4) is 0 Å². The topological polar surface area (TPSA) is 3.24 Å². The van der Waals surface area contributed by atoms with E-state index < -0.39 is 0 Å². The molecule has 1 heteroatoms. The summed E-state index contributed by atoms with van der Waals surface area (Å²) in [6.07, 6.45) is 9.29. The third kappa shape index (κ3) is 2.44. The van der Waals surface area contributed by atoms with Gasteiger partial charge in [0, 0.05) is 6.04 Å². The van der Waals surface area contributed by atoms with Gasteiger partial charge in [-0.05, 0) is 44.3 Å². The number of hydrogen-bond acceptors (Lipinski definition) is 1. The second kappa shape index (κ2) is 5.05. The Bertz CT molecular complexity index is 389. The van der Waals surface area contributed by atoms with Crippen molar-refractivity contribution in [2.24, 2.45) is 0 Å². The fourth-order valence-corrected chi connectivity index (χ4v) is 3.02. The molecule has 2 fully saturated rings. The van der Waals surface area contributed by atoms with Crippen LogP contribution in [0, 0.1) is 0 Å². The van der Waals surface area contributed by atoms with Crippen molar-refractivity contribution >= 4 is 6.08 Å². The zero-order valence-electron chi connectivity index (χ0n) is 10.4. The Hall–Kier alpha value is -1.08. The van der Waals surface area contributed by atoms with Crippen molar-refractivity contribution in [2.45, 2.75) is 38.1 Å². The summed E-state index contributed by atoms with van der Waals surface area (Å²) < 4.78 is 0. The lowest BCUT2D eigenvalue weighted by Gasteiger charge is -2.42. The first-order valence-electron chi connectivity index (χ1n) is 6.93. The number of rotatable bonds is 2. The summed E-state index contributed by atoms with van der Waals surface area (Å²) in [5.41, 5.74) is 3.04. The van der Waals surface area contributed by atoms with E-state index >= 15 is 0 Å². The monoisotopic (exact) mass is 227 g/mol. The smallest absolute Gasteiger partial charge is 0.0310 e. The summed E-state index contributed by atoms with van der Waals surface area (Å²) in [6.45, 7) is 2.63. The van der Waals surface area contributed by atoms with Gasteiger partial charge >= 0.3 is 0 Å². The van der Waals surface area contributed by atoms with Gasteiger partial charge in [-0.25, -0.2) is 0 Å². The number of benzene rings is 1. The molecule has 0 spiro atoms. The van der Waals surface area contributed by atoms with Crippen LogP contribution >= 0.6 is 0 Å². The van der Waals surface area contributed by atoms with E-state index in [-0.39, 0.29) is 0 Å². The molecule has 1 aliphatic carbocycles. The Morgan fingerprint density at radius 1 is 1.00 bits per heavy atom. The van der Waals surface area contributed by atoms with Gasteiger partial charge in [0.2, 0.25) is 0 Å². The summed E-state index contributed by atoms with van der Waals surface area (Å²) >= 11 is 0. The van der Waals surface area contributed by atoms with Crippen LogP contribution in [0.4, 0.5) is 0 Å². The molecular weight excluding hydrogens is 206 g/mol. The predicted molar refractivity (Wildman–Crippen MR) is 72.9 cm³/mol. The Morgan fingerprint density at radius 3 is 2.53 bits per heavy atom. The lowest BCUT2D eigenvalue weighted by molar-refractivity contribution is 0.121. The molecule has 0 N–H and O–H groups in total. The molecule has 1 aromatic carbocycles. The van der Waals surface area contributed by atoms with Crippen molar-refractivity contribution in [3.05, 3.63) is 41.5 Å². The highest BCUT2D eigenvalue weighted by Crippen LogP contribution is 2.31. The Morgan fingerprint density at radius 2 is 1.82 bits per heavy atom. The summed E-state index contributed by atoms with van der Waals surface area (Å²) in [6, 6.07) is 11.5. The molecule has 1 saturated carbocycles. The van der Waals surface area contributed by atoms with Crippen molar-refractivity contribution in [3.8, 4) is 0 Å². The molecule has 3 rings (SSSR count). The van der Waals surface area contributed by atoms with Gasteiger partial charge in [0.05, 0.1) is 0 Å². The van der Waals surface area contributed by atoms with Gasteiger partial charge in [-0.15, -0.1) is 0 Å². The minimum atomic E-state index is 0.748. The maximum absolute atomic E-state index is 2.66. The maximum Gasteiger partial charge on any atom is 0.0310 e. The highest BCUT2D eigenvalue weighted by atomic mass is 15.2. The third-order valence-corrected chi connectivity index (χ3v) is 4.10. The highest BCUT2D eigenvalue weighted by molar-refractivity contribution is 5.54. The van der Waals surface area contributed by atoms with Crippen LogP contribution in [0.5, 0.6) is 0 Å². The standard InChI is InChI=1S/C16H21N/c1-2-7-14(8-3-1)13-15-9-4-5-10-16(15)17-11-6-12-17/h1-3,7-8,13,16H,4-6,9-12H2/b15-13+/t16-/m1/s1.